The highest BCUT2D eigenvalue weighted by molar-refractivity contribution is 6.75. The van der Waals surface area contributed by atoms with Gasteiger partial charge in [0.15, 0.2) is 0 Å². The predicted molar refractivity (Wildman–Crippen MR) is 60.9 cm³/mol. The molecule has 84 valence electrons. The minimum atomic E-state index is -2.70. The molecular formula is C10H17NO3Si. The average Bonchev–Trinajstić information content (AvgIpc) is 2.33. The van der Waals surface area contributed by atoms with Gasteiger partial charge in [0, 0.05) is 19.4 Å². The fourth-order valence-electron chi connectivity index (χ4n) is 1.33. The quantitative estimate of drug-likeness (QED) is 0.561. The van der Waals surface area contributed by atoms with Crippen LogP contribution >= 0.6 is 0 Å². The second kappa shape index (κ2) is 5.99. The van der Waals surface area contributed by atoms with Crippen molar-refractivity contribution in [2.45, 2.75) is 0 Å². The number of hydrogen-bond acceptors (Lipinski definition) is 4. The van der Waals surface area contributed by atoms with Crippen LogP contribution < -0.4 is 10.5 Å². The second-order valence-corrected chi connectivity index (χ2v) is 5.77. The molecule has 0 aromatic heterocycles. The lowest BCUT2D eigenvalue weighted by Gasteiger charge is -2.26. The van der Waals surface area contributed by atoms with E-state index in [9.17, 15) is 0 Å². The van der Waals surface area contributed by atoms with Crippen LogP contribution in [0, 0.1) is 0 Å². The molecule has 0 atom stereocenters. The third kappa shape index (κ3) is 2.86. The summed E-state index contributed by atoms with van der Waals surface area (Å²) < 4.78 is 16.5. The highest BCUT2D eigenvalue weighted by Crippen LogP contribution is 2.07. The van der Waals surface area contributed by atoms with Crippen LogP contribution in [-0.4, -0.2) is 36.8 Å². The number of benzene rings is 1. The summed E-state index contributed by atoms with van der Waals surface area (Å²) in [4.78, 5) is 0. The van der Waals surface area contributed by atoms with E-state index in [1.165, 1.54) is 0 Å². The van der Waals surface area contributed by atoms with Crippen molar-refractivity contribution in [1.29, 1.82) is 0 Å². The number of nitrogens with one attached hydrogen (secondary N) is 1. The summed E-state index contributed by atoms with van der Waals surface area (Å²) in [6, 6.07) is 9.74. The monoisotopic (exact) mass is 227 g/mol. The van der Waals surface area contributed by atoms with Crippen LogP contribution in [0.3, 0.4) is 0 Å². The van der Waals surface area contributed by atoms with Gasteiger partial charge in [-0.1, -0.05) is 30.3 Å². The molecule has 0 unspecified atom stereocenters. The van der Waals surface area contributed by atoms with Gasteiger partial charge in [-0.05, 0) is 7.05 Å². The van der Waals surface area contributed by atoms with Gasteiger partial charge in [0.05, 0.1) is 6.73 Å². The summed E-state index contributed by atoms with van der Waals surface area (Å²) in [5.74, 6) is 0. The molecule has 0 spiro atoms. The Bertz CT molecular complexity index is 277. The van der Waals surface area contributed by atoms with E-state index in [0.717, 1.165) is 5.19 Å². The van der Waals surface area contributed by atoms with E-state index in [-0.39, 0.29) is 0 Å². The van der Waals surface area contributed by atoms with Crippen LogP contribution in [0.5, 0.6) is 0 Å². The zero-order valence-corrected chi connectivity index (χ0v) is 10.3. The molecule has 0 aliphatic rings. The highest BCUT2D eigenvalue weighted by Gasteiger charge is 2.41. The molecule has 1 N–H and O–H groups in total. The Hall–Kier alpha value is -0.723. The zero-order chi connectivity index (χ0) is 11.1. The SMILES string of the molecule is CNCO[Si](OC)(OC)c1ccccc1. The molecule has 15 heavy (non-hydrogen) atoms. The number of rotatable bonds is 6. The molecule has 0 heterocycles. The largest absolute Gasteiger partial charge is 0.537 e. The second-order valence-electron chi connectivity index (χ2n) is 2.97. The van der Waals surface area contributed by atoms with Crippen LogP contribution in [-0.2, 0) is 13.3 Å². The minimum Gasteiger partial charge on any atom is -0.373 e. The molecule has 0 radical (unpaired) electrons. The lowest BCUT2D eigenvalue weighted by Crippen LogP contribution is -2.56. The maximum Gasteiger partial charge on any atom is 0.537 e. The van der Waals surface area contributed by atoms with Crippen LogP contribution in [0.25, 0.3) is 0 Å². The van der Waals surface area contributed by atoms with E-state index in [4.69, 9.17) is 13.3 Å². The van der Waals surface area contributed by atoms with E-state index in [2.05, 4.69) is 5.32 Å². The summed E-state index contributed by atoms with van der Waals surface area (Å²) in [7, 11) is 2.33. The van der Waals surface area contributed by atoms with Crippen molar-refractivity contribution in [1.82, 2.24) is 5.32 Å². The molecule has 0 saturated carbocycles. The van der Waals surface area contributed by atoms with E-state index < -0.39 is 8.80 Å². The highest BCUT2D eigenvalue weighted by atomic mass is 28.4. The average molecular weight is 227 g/mol. The van der Waals surface area contributed by atoms with Gasteiger partial charge in [-0.2, -0.15) is 0 Å². The summed E-state index contributed by atoms with van der Waals surface area (Å²) in [5.41, 5.74) is 0. The minimum absolute atomic E-state index is 0.406. The third-order valence-corrected chi connectivity index (χ3v) is 4.71. The molecule has 0 saturated heterocycles. The fourth-order valence-corrected chi connectivity index (χ4v) is 3.31. The Morgan fingerprint density at radius 1 is 1.13 bits per heavy atom. The van der Waals surface area contributed by atoms with Crippen LogP contribution in [0.15, 0.2) is 30.3 Å². The predicted octanol–water partition coefficient (Wildman–Crippen LogP) is 0.319. The molecule has 0 amide bonds. The first-order valence-electron chi connectivity index (χ1n) is 4.73. The van der Waals surface area contributed by atoms with Crippen LogP contribution in [0.1, 0.15) is 0 Å². The molecule has 5 heteroatoms. The van der Waals surface area contributed by atoms with Gasteiger partial charge >= 0.3 is 8.80 Å². The summed E-state index contributed by atoms with van der Waals surface area (Å²) in [6.07, 6.45) is 0. The van der Waals surface area contributed by atoms with Gasteiger partial charge in [0.2, 0.25) is 0 Å². The van der Waals surface area contributed by atoms with Gasteiger partial charge in [-0.3, -0.25) is 5.32 Å². The molecule has 0 fully saturated rings. The van der Waals surface area contributed by atoms with Crippen molar-refractivity contribution in [2.24, 2.45) is 0 Å². The Kier molecular flexibility index (Phi) is 4.93. The number of hydrogen-bond donors (Lipinski definition) is 1. The molecule has 0 bridgehead atoms. The maximum absolute atomic E-state index is 5.65. The van der Waals surface area contributed by atoms with Crippen molar-refractivity contribution >= 4 is 14.0 Å². The first-order chi connectivity index (χ1) is 7.29. The van der Waals surface area contributed by atoms with Gasteiger partial charge in [0.25, 0.3) is 0 Å². The molecule has 1 aromatic rings. The van der Waals surface area contributed by atoms with E-state index in [1.807, 2.05) is 37.4 Å². The van der Waals surface area contributed by atoms with Crippen LogP contribution in [0.2, 0.25) is 0 Å². The lowest BCUT2D eigenvalue weighted by molar-refractivity contribution is 0.107. The van der Waals surface area contributed by atoms with Crippen molar-refractivity contribution in [3.63, 3.8) is 0 Å². The van der Waals surface area contributed by atoms with Gasteiger partial charge in [0.1, 0.15) is 0 Å². The summed E-state index contributed by atoms with van der Waals surface area (Å²) >= 11 is 0. The van der Waals surface area contributed by atoms with E-state index in [0.29, 0.717) is 6.73 Å². The maximum atomic E-state index is 5.65. The fraction of sp³-hybridized carbons (Fsp3) is 0.400. The molecule has 1 rings (SSSR count). The summed E-state index contributed by atoms with van der Waals surface area (Å²) in [5, 5.41) is 3.88. The topological polar surface area (TPSA) is 39.7 Å². The van der Waals surface area contributed by atoms with Crippen molar-refractivity contribution in [3.05, 3.63) is 30.3 Å². The van der Waals surface area contributed by atoms with E-state index in [1.54, 1.807) is 14.2 Å². The standard InChI is InChI=1S/C10H17NO3Si/c1-11-9-14-15(12-2,13-3)10-7-5-4-6-8-10/h4-8,11H,9H2,1-3H3. The lowest BCUT2D eigenvalue weighted by atomic mass is 10.4. The molecule has 0 aliphatic carbocycles. The van der Waals surface area contributed by atoms with Crippen molar-refractivity contribution in [3.8, 4) is 0 Å². The Morgan fingerprint density at radius 2 is 1.73 bits per heavy atom. The van der Waals surface area contributed by atoms with Crippen LogP contribution in [0.4, 0.5) is 0 Å². The van der Waals surface area contributed by atoms with Crippen molar-refractivity contribution in [2.75, 3.05) is 28.0 Å². The Labute approximate surface area is 91.5 Å². The summed E-state index contributed by atoms with van der Waals surface area (Å²) in [6.45, 7) is 0.406. The first kappa shape index (κ1) is 12.3. The smallest absolute Gasteiger partial charge is 0.373 e. The molecular weight excluding hydrogens is 210 g/mol. The third-order valence-electron chi connectivity index (χ3n) is 2.07. The Balaban J connectivity index is 2.89. The molecule has 4 nitrogen and oxygen atoms in total. The molecule has 1 aromatic carbocycles. The zero-order valence-electron chi connectivity index (χ0n) is 9.32. The normalized spacial score (nSPS) is 11.7. The van der Waals surface area contributed by atoms with Gasteiger partial charge in [-0.25, -0.2) is 0 Å². The van der Waals surface area contributed by atoms with E-state index >= 15 is 0 Å². The first-order valence-corrected chi connectivity index (χ1v) is 6.46. The van der Waals surface area contributed by atoms with Gasteiger partial charge in [-0.15, -0.1) is 0 Å². The molecule has 0 aliphatic heterocycles. The Morgan fingerprint density at radius 3 is 2.20 bits per heavy atom. The van der Waals surface area contributed by atoms with Gasteiger partial charge < -0.3 is 13.3 Å². The van der Waals surface area contributed by atoms with Crippen molar-refractivity contribution < 1.29 is 13.3 Å².